The first-order chi connectivity index (χ1) is 11.2. The highest BCUT2D eigenvalue weighted by molar-refractivity contribution is 7.10. The van der Waals surface area contributed by atoms with Gasteiger partial charge in [-0.05, 0) is 23.8 Å². The molecule has 0 aliphatic carbocycles. The Morgan fingerprint density at radius 2 is 2.22 bits per heavy atom. The fourth-order valence-corrected chi connectivity index (χ4v) is 3.05. The molecule has 1 aliphatic heterocycles. The summed E-state index contributed by atoms with van der Waals surface area (Å²) in [7, 11) is 0. The highest BCUT2D eigenvalue weighted by atomic mass is 32.1. The molecule has 0 atom stereocenters. The van der Waals surface area contributed by atoms with E-state index in [0.717, 1.165) is 16.1 Å². The van der Waals surface area contributed by atoms with Gasteiger partial charge in [-0.1, -0.05) is 12.1 Å². The van der Waals surface area contributed by atoms with Crippen LogP contribution in [0.25, 0.3) is 0 Å². The monoisotopic (exact) mass is 326 g/mol. The van der Waals surface area contributed by atoms with E-state index in [1.165, 1.54) is 16.2 Å². The smallest absolute Gasteiger partial charge is 0.324 e. The number of nitriles is 1. The normalized spacial score (nSPS) is 13.8. The molecule has 3 amide bonds. The summed E-state index contributed by atoms with van der Waals surface area (Å²) in [6, 6.07) is 11.2. The van der Waals surface area contributed by atoms with Gasteiger partial charge in [-0.15, -0.1) is 11.3 Å². The highest BCUT2D eigenvalue weighted by Gasteiger charge is 2.28. The Balaban J connectivity index is 1.64. The SMILES string of the molecule is N#Cc1csc(CNc2cccc(CN3C(=O)CNC3=O)c2)c1. The van der Waals surface area contributed by atoms with Crippen molar-refractivity contribution >= 4 is 29.0 Å². The first-order valence-corrected chi connectivity index (χ1v) is 7.92. The number of hydrogen-bond donors (Lipinski definition) is 2. The van der Waals surface area contributed by atoms with Gasteiger partial charge in [0.25, 0.3) is 0 Å². The van der Waals surface area contributed by atoms with Crippen LogP contribution >= 0.6 is 11.3 Å². The molecule has 0 spiro atoms. The Labute approximate surface area is 137 Å². The third-order valence-corrected chi connectivity index (χ3v) is 4.39. The molecule has 1 aromatic carbocycles. The van der Waals surface area contributed by atoms with Crippen LogP contribution in [0.4, 0.5) is 10.5 Å². The third kappa shape index (κ3) is 3.49. The summed E-state index contributed by atoms with van der Waals surface area (Å²) >= 11 is 1.53. The minimum Gasteiger partial charge on any atom is -0.380 e. The first kappa shape index (κ1) is 15.1. The second-order valence-electron chi connectivity index (χ2n) is 5.11. The zero-order chi connectivity index (χ0) is 16.2. The molecule has 116 valence electrons. The summed E-state index contributed by atoms with van der Waals surface area (Å²) < 4.78 is 0. The predicted molar refractivity (Wildman–Crippen MR) is 86.8 cm³/mol. The molecular formula is C16H14N4O2S. The van der Waals surface area contributed by atoms with Gasteiger partial charge in [0.15, 0.2) is 0 Å². The van der Waals surface area contributed by atoms with Gasteiger partial charge in [0.05, 0.1) is 18.7 Å². The summed E-state index contributed by atoms with van der Waals surface area (Å²) in [5.41, 5.74) is 2.45. The van der Waals surface area contributed by atoms with Crippen LogP contribution in [0.5, 0.6) is 0 Å². The molecule has 23 heavy (non-hydrogen) atoms. The van der Waals surface area contributed by atoms with Gasteiger partial charge in [0.2, 0.25) is 5.91 Å². The van der Waals surface area contributed by atoms with Crippen molar-refractivity contribution in [2.24, 2.45) is 0 Å². The lowest BCUT2D eigenvalue weighted by molar-refractivity contribution is -0.125. The number of imide groups is 1. The van der Waals surface area contributed by atoms with Gasteiger partial charge < -0.3 is 10.6 Å². The van der Waals surface area contributed by atoms with Gasteiger partial charge >= 0.3 is 6.03 Å². The minimum atomic E-state index is -0.351. The second-order valence-corrected chi connectivity index (χ2v) is 6.10. The average molecular weight is 326 g/mol. The molecule has 3 rings (SSSR count). The van der Waals surface area contributed by atoms with Crippen LogP contribution in [-0.4, -0.2) is 23.4 Å². The van der Waals surface area contributed by atoms with E-state index in [1.807, 2.05) is 35.7 Å². The Morgan fingerprint density at radius 1 is 1.35 bits per heavy atom. The maximum atomic E-state index is 11.6. The molecule has 2 N–H and O–H groups in total. The number of thiophene rings is 1. The number of anilines is 1. The van der Waals surface area contributed by atoms with Crippen LogP contribution in [0, 0.1) is 11.3 Å². The molecule has 2 heterocycles. The number of hydrogen-bond acceptors (Lipinski definition) is 5. The molecule has 1 saturated heterocycles. The van der Waals surface area contributed by atoms with Crippen molar-refractivity contribution in [1.82, 2.24) is 10.2 Å². The molecule has 0 bridgehead atoms. The lowest BCUT2D eigenvalue weighted by Crippen LogP contribution is -2.30. The van der Waals surface area contributed by atoms with Crippen molar-refractivity contribution in [3.05, 3.63) is 51.7 Å². The fraction of sp³-hybridized carbons (Fsp3) is 0.188. The number of carbonyl (C=O) groups is 2. The van der Waals surface area contributed by atoms with Crippen LogP contribution in [-0.2, 0) is 17.9 Å². The van der Waals surface area contributed by atoms with Crippen molar-refractivity contribution in [2.75, 3.05) is 11.9 Å². The lowest BCUT2D eigenvalue weighted by atomic mass is 10.2. The molecule has 1 aromatic heterocycles. The van der Waals surface area contributed by atoms with Crippen molar-refractivity contribution in [3.63, 3.8) is 0 Å². The fourth-order valence-electron chi connectivity index (χ4n) is 2.30. The standard InChI is InChI=1S/C16H14N4O2S/c17-6-12-5-14(23-10-12)7-18-13-3-1-2-11(4-13)9-20-15(21)8-19-16(20)22/h1-5,10,18H,7-9H2,(H,19,22). The number of carbonyl (C=O) groups excluding carboxylic acids is 2. The predicted octanol–water partition coefficient (Wildman–Crippen LogP) is 2.28. The Morgan fingerprint density at radius 3 is 2.91 bits per heavy atom. The van der Waals surface area contributed by atoms with Crippen LogP contribution in [0.1, 0.15) is 16.0 Å². The largest absolute Gasteiger partial charge is 0.380 e. The average Bonchev–Trinajstić information content (AvgIpc) is 3.15. The summed E-state index contributed by atoms with van der Waals surface area (Å²) in [4.78, 5) is 25.5. The van der Waals surface area contributed by atoms with E-state index in [2.05, 4.69) is 16.7 Å². The van der Waals surface area contributed by atoms with Crippen LogP contribution in [0.2, 0.25) is 0 Å². The van der Waals surface area contributed by atoms with Gasteiger partial charge in [0, 0.05) is 22.5 Å². The number of benzene rings is 1. The third-order valence-electron chi connectivity index (χ3n) is 3.45. The van der Waals surface area contributed by atoms with Crippen molar-refractivity contribution < 1.29 is 9.59 Å². The Kier molecular flexibility index (Phi) is 4.26. The number of nitrogens with one attached hydrogen (secondary N) is 2. The zero-order valence-electron chi connectivity index (χ0n) is 12.2. The Bertz CT molecular complexity index is 777. The topological polar surface area (TPSA) is 85.2 Å². The molecule has 1 aliphatic rings. The summed E-state index contributed by atoms with van der Waals surface area (Å²) in [5.74, 6) is -0.212. The molecule has 0 radical (unpaired) electrons. The quantitative estimate of drug-likeness (QED) is 0.826. The maximum Gasteiger partial charge on any atom is 0.324 e. The lowest BCUT2D eigenvalue weighted by Gasteiger charge is -2.13. The first-order valence-electron chi connectivity index (χ1n) is 7.04. The molecule has 7 heteroatoms. The number of rotatable bonds is 5. The van der Waals surface area contributed by atoms with Gasteiger partial charge in [0.1, 0.15) is 6.07 Å². The zero-order valence-corrected chi connectivity index (χ0v) is 13.0. The number of nitrogens with zero attached hydrogens (tertiary/aromatic N) is 2. The highest BCUT2D eigenvalue weighted by Crippen LogP contribution is 2.18. The summed E-state index contributed by atoms with van der Waals surface area (Å²) in [6.45, 7) is 0.951. The summed E-state index contributed by atoms with van der Waals surface area (Å²) in [6.07, 6.45) is 0. The van der Waals surface area contributed by atoms with E-state index >= 15 is 0 Å². The van der Waals surface area contributed by atoms with Crippen molar-refractivity contribution in [3.8, 4) is 6.07 Å². The van der Waals surface area contributed by atoms with Gasteiger partial charge in [-0.25, -0.2) is 4.79 Å². The summed E-state index contributed by atoms with van der Waals surface area (Å²) in [5, 5.41) is 16.4. The van der Waals surface area contributed by atoms with Crippen molar-refractivity contribution in [2.45, 2.75) is 13.1 Å². The van der Waals surface area contributed by atoms with E-state index in [0.29, 0.717) is 12.1 Å². The van der Waals surface area contributed by atoms with E-state index in [9.17, 15) is 9.59 Å². The molecular weight excluding hydrogens is 312 g/mol. The molecule has 0 saturated carbocycles. The van der Waals surface area contributed by atoms with E-state index in [1.54, 1.807) is 0 Å². The van der Waals surface area contributed by atoms with Crippen LogP contribution < -0.4 is 10.6 Å². The van der Waals surface area contributed by atoms with Crippen LogP contribution in [0.3, 0.4) is 0 Å². The van der Waals surface area contributed by atoms with Gasteiger partial charge in [-0.3, -0.25) is 9.69 Å². The molecule has 0 unspecified atom stereocenters. The number of amides is 3. The van der Waals surface area contributed by atoms with Crippen LogP contribution in [0.15, 0.2) is 35.7 Å². The second kappa shape index (κ2) is 6.50. The van der Waals surface area contributed by atoms with Gasteiger partial charge in [-0.2, -0.15) is 5.26 Å². The maximum absolute atomic E-state index is 11.6. The van der Waals surface area contributed by atoms with Crippen molar-refractivity contribution in [1.29, 1.82) is 5.26 Å². The van der Waals surface area contributed by atoms with E-state index < -0.39 is 0 Å². The molecule has 1 fully saturated rings. The number of urea groups is 1. The van der Waals surface area contributed by atoms with E-state index in [-0.39, 0.29) is 25.0 Å². The molecule has 6 nitrogen and oxygen atoms in total. The van der Waals surface area contributed by atoms with E-state index in [4.69, 9.17) is 5.26 Å². The molecule has 2 aromatic rings. The minimum absolute atomic E-state index is 0.0659. The Hall–Kier alpha value is -2.85.